The van der Waals surface area contributed by atoms with Crippen molar-refractivity contribution >= 4 is 27.4 Å². The minimum absolute atomic E-state index is 0.0860. The summed E-state index contributed by atoms with van der Waals surface area (Å²) < 4.78 is 23.9. The number of sulfone groups is 1. The van der Waals surface area contributed by atoms with Crippen LogP contribution >= 0.6 is 0 Å². The van der Waals surface area contributed by atoms with Crippen LogP contribution in [-0.4, -0.2) is 39.6 Å². The van der Waals surface area contributed by atoms with Crippen LogP contribution in [0, 0.1) is 0 Å². The molecule has 1 amide bonds. The number of anilines is 1. The topological polar surface area (TPSA) is 119 Å². The van der Waals surface area contributed by atoms with Gasteiger partial charge in [-0.2, -0.15) is 4.99 Å². The zero-order chi connectivity index (χ0) is 16.2. The Balaban J connectivity index is 3.46. The van der Waals surface area contributed by atoms with Crippen LogP contribution in [0.25, 0.3) is 0 Å². The number of amides is 1. The van der Waals surface area contributed by atoms with Crippen molar-refractivity contribution in [1.29, 1.82) is 0 Å². The molecule has 1 aromatic rings. The molecule has 0 atom stereocenters. The van der Waals surface area contributed by atoms with Gasteiger partial charge in [-0.05, 0) is 32.0 Å². The lowest BCUT2D eigenvalue weighted by Crippen LogP contribution is -2.25. The Hall–Kier alpha value is -2.09. The minimum atomic E-state index is -3.49. The van der Waals surface area contributed by atoms with E-state index in [4.69, 9.17) is 11.5 Å². The lowest BCUT2D eigenvalue weighted by atomic mass is 10.2. The van der Waals surface area contributed by atoms with Gasteiger partial charge in [0.25, 0.3) is 5.91 Å². The van der Waals surface area contributed by atoms with Gasteiger partial charge >= 0.3 is 0 Å². The van der Waals surface area contributed by atoms with Gasteiger partial charge in [-0.25, -0.2) is 8.42 Å². The lowest BCUT2D eigenvalue weighted by Gasteiger charge is -2.23. The fourth-order valence-electron chi connectivity index (χ4n) is 1.95. The van der Waals surface area contributed by atoms with Gasteiger partial charge in [-0.1, -0.05) is 0 Å². The summed E-state index contributed by atoms with van der Waals surface area (Å²) >= 11 is 0. The highest BCUT2D eigenvalue weighted by atomic mass is 32.2. The average molecular weight is 312 g/mol. The first-order chi connectivity index (χ1) is 9.70. The molecule has 0 aromatic heterocycles. The second-order valence-electron chi connectivity index (χ2n) is 4.47. The van der Waals surface area contributed by atoms with Crippen molar-refractivity contribution in [2.24, 2.45) is 16.5 Å². The second kappa shape index (κ2) is 6.57. The van der Waals surface area contributed by atoms with E-state index < -0.39 is 15.7 Å². The van der Waals surface area contributed by atoms with Gasteiger partial charge in [0.05, 0.1) is 10.6 Å². The van der Waals surface area contributed by atoms with E-state index >= 15 is 0 Å². The van der Waals surface area contributed by atoms with Gasteiger partial charge in [0.2, 0.25) is 0 Å². The minimum Gasteiger partial charge on any atom is -0.371 e. The molecular formula is C13H20N4O3S. The van der Waals surface area contributed by atoms with Crippen LogP contribution in [0.1, 0.15) is 24.2 Å². The maximum absolute atomic E-state index is 12.0. The predicted molar refractivity (Wildman–Crippen MR) is 83.3 cm³/mol. The van der Waals surface area contributed by atoms with Crippen LogP contribution < -0.4 is 16.4 Å². The van der Waals surface area contributed by atoms with Crippen molar-refractivity contribution in [3.05, 3.63) is 23.8 Å². The van der Waals surface area contributed by atoms with Crippen LogP contribution in [-0.2, 0) is 9.84 Å². The average Bonchev–Trinajstić information content (AvgIpc) is 2.38. The van der Waals surface area contributed by atoms with Gasteiger partial charge in [0.1, 0.15) is 0 Å². The maximum atomic E-state index is 12.0. The van der Waals surface area contributed by atoms with E-state index in [1.165, 1.54) is 12.1 Å². The zero-order valence-electron chi connectivity index (χ0n) is 12.3. The number of hydrogen-bond acceptors (Lipinski definition) is 4. The lowest BCUT2D eigenvalue weighted by molar-refractivity contribution is 0.100. The molecule has 1 rings (SSSR count). The standard InChI is InChI=1S/C13H20N4O3S/c1-4-17(5-2)10-7-6-9(12(18)16-13(14)15)8-11(10)21(3,19)20/h6-8H,4-5H2,1-3H3,(H4,14,15,16,18). The van der Waals surface area contributed by atoms with Crippen LogP contribution in [0.4, 0.5) is 5.69 Å². The summed E-state index contributed by atoms with van der Waals surface area (Å²) in [6, 6.07) is 4.41. The van der Waals surface area contributed by atoms with Crippen molar-refractivity contribution in [2.45, 2.75) is 18.7 Å². The Kier molecular flexibility index (Phi) is 5.31. The Morgan fingerprint density at radius 1 is 1.24 bits per heavy atom. The summed E-state index contributed by atoms with van der Waals surface area (Å²) in [5.74, 6) is -1.04. The number of nitrogens with zero attached hydrogens (tertiary/aromatic N) is 2. The molecule has 0 saturated heterocycles. The van der Waals surface area contributed by atoms with Crippen molar-refractivity contribution in [3.63, 3.8) is 0 Å². The molecule has 0 heterocycles. The van der Waals surface area contributed by atoms with E-state index in [0.29, 0.717) is 18.8 Å². The molecule has 0 saturated carbocycles. The molecule has 8 heteroatoms. The van der Waals surface area contributed by atoms with E-state index in [2.05, 4.69) is 4.99 Å². The van der Waals surface area contributed by atoms with Crippen molar-refractivity contribution in [3.8, 4) is 0 Å². The van der Waals surface area contributed by atoms with E-state index in [9.17, 15) is 13.2 Å². The summed E-state index contributed by atoms with van der Waals surface area (Å²) in [5, 5.41) is 0. The Bertz CT molecular complexity index is 660. The number of aliphatic imine (C=N–C) groups is 1. The van der Waals surface area contributed by atoms with E-state index in [-0.39, 0.29) is 16.4 Å². The van der Waals surface area contributed by atoms with Crippen molar-refractivity contribution in [1.82, 2.24) is 0 Å². The highest BCUT2D eigenvalue weighted by Crippen LogP contribution is 2.26. The van der Waals surface area contributed by atoms with Gasteiger partial charge < -0.3 is 16.4 Å². The third-order valence-electron chi connectivity index (χ3n) is 2.94. The Morgan fingerprint density at radius 3 is 2.24 bits per heavy atom. The third-order valence-corrected chi connectivity index (χ3v) is 4.07. The molecule has 0 bridgehead atoms. The highest BCUT2D eigenvalue weighted by Gasteiger charge is 2.19. The molecule has 0 spiro atoms. The molecule has 1 aromatic carbocycles. The van der Waals surface area contributed by atoms with Crippen LogP contribution in [0.2, 0.25) is 0 Å². The van der Waals surface area contributed by atoms with Crippen molar-refractivity contribution in [2.75, 3.05) is 24.2 Å². The molecule has 21 heavy (non-hydrogen) atoms. The molecule has 116 valence electrons. The Labute approximate surface area is 124 Å². The second-order valence-corrected chi connectivity index (χ2v) is 6.45. The van der Waals surface area contributed by atoms with Gasteiger partial charge in [0, 0.05) is 24.9 Å². The molecule has 0 radical (unpaired) electrons. The number of carbonyl (C=O) groups excluding carboxylic acids is 1. The summed E-state index contributed by atoms with van der Waals surface area (Å²) in [4.78, 5) is 17.2. The van der Waals surface area contributed by atoms with Crippen molar-refractivity contribution < 1.29 is 13.2 Å². The fourth-order valence-corrected chi connectivity index (χ4v) is 2.87. The largest absolute Gasteiger partial charge is 0.371 e. The van der Waals surface area contributed by atoms with E-state index in [1.54, 1.807) is 6.07 Å². The van der Waals surface area contributed by atoms with E-state index in [0.717, 1.165) is 6.26 Å². The summed E-state index contributed by atoms with van der Waals surface area (Å²) in [6.45, 7) is 5.16. The van der Waals surface area contributed by atoms with Crippen LogP contribution in [0.3, 0.4) is 0 Å². The highest BCUT2D eigenvalue weighted by molar-refractivity contribution is 7.90. The number of nitrogens with two attached hydrogens (primary N) is 2. The quantitative estimate of drug-likeness (QED) is 0.598. The summed E-state index contributed by atoms with van der Waals surface area (Å²) in [5.41, 5.74) is 11.0. The third kappa shape index (κ3) is 4.19. The SMILES string of the molecule is CCN(CC)c1ccc(C(=O)N=C(N)N)cc1S(C)(=O)=O. The molecule has 0 aliphatic rings. The fraction of sp³-hybridized carbons (Fsp3) is 0.385. The number of rotatable bonds is 5. The number of carbonyl (C=O) groups is 1. The molecule has 0 aliphatic carbocycles. The first kappa shape index (κ1) is 17.0. The normalized spacial score (nSPS) is 11.0. The molecule has 4 N–H and O–H groups in total. The van der Waals surface area contributed by atoms with Gasteiger partial charge in [-0.15, -0.1) is 0 Å². The predicted octanol–water partition coefficient (Wildman–Crippen LogP) is 0.350. The first-order valence-corrected chi connectivity index (χ1v) is 8.32. The van der Waals surface area contributed by atoms with Crippen LogP contribution in [0.5, 0.6) is 0 Å². The summed E-state index contributed by atoms with van der Waals surface area (Å²) in [7, 11) is -3.49. The maximum Gasteiger partial charge on any atom is 0.280 e. The monoisotopic (exact) mass is 312 g/mol. The molecular weight excluding hydrogens is 292 g/mol. The first-order valence-electron chi connectivity index (χ1n) is 6.43. The molecule has 7 nitrogen and oxygen atoms in total. The van der Waals surface area contributed by atoms with Gasteiger partial charge in [0.15, 0.2) is 15.8 Å². The van der Waals surface area contributed by atoms with Gasteiger partial charge in [-0.3, -0.25) is 4.79 Å². The molecule has 0 fully saturated rings. The summed E-state index contributed by atoms with van der Waals surface area (Å²) in [6.07, 6.45) is 1.10. The number of benzene rings is 1. The zero-order valence-corrected chi connectivity index (χ0v) is 13.1. The molecule has 0 aliphatic heterocycles. The smallest absolute Gasteiger partial charge is 0.280 e. The number of guanidine groups is 1. The number of hydrogen-bond donors (Lipinski definition) is 2. The Morgan fingerprint density at radius 2 is 1.81 bits per heavy atom. The van der Waals surface area contributed by atoms with Crippen LogP contribution in [0.15, 0.2) is 28.1 Å². The van der Waals surface area contributed by atoms with E-state index in [1.807, 2.05) is 18.7 Å². The molecule has 0 unspecified atom stereocenters.